The Morgan fingerprint density at radius 1 is 1.21 bits per heavy atom. The van der Waals surface area contributed by atoms with Gasteiger partial charge in [0.2, 0.25) is 10.0 Å². The van der Waals surface area contributed by atoms with Gasteiger partial charge in [0.1, 0.15) is 6.04 Å². The van der Waals surface area contributed by atoms with Crippen LogP contribution in [-0.2, 0) is 14.8 Å². The number of likely N-dealkylation sites (tertiary alicyclic amines) is 1. The number of nitrogens with one attached hydrogen (secondary N) is 1. The molecule has 7 nitrogen and oxygen atoms in total. The molecule has 0 unspecified atom stereocenters. The molecule has 0 spiro atoms. The van der Waals surface area contributed by atoms with Gasteiger partial charge in [-0.25, -0.2) is 17.9 Å². The molecule has 0 aromatic heterocycles. The summed E-state index contributed by atoms with van der Waals surface area (Å²) in [6.07, 6.45) is 1.08. The summed E-state index contributed by atoms with van der Waals surface area (Å²) < 4.78 is 27.0. The Morgan fingerprint density at radius 2 is 1.79 bits per heavy atom. The molecule has 1 aromatic carbocycles. The molecule has 2 rings (SSSR count). The third-order valence-electron chi connectivity index (χ3n) is 3.65. The highest BCUT2D eigenvalue weighted by Crippen LogP contribution is 2.21. The summed E-state index contributed by atoms with van der Waals surface area (Å²) in [6.45, 7) is 5.60. The first kappa shape index (κ1) is 18.4. The molecule has 24 heavy (non-hydrogen) atoms. The van der Waals surface area contributed by atoms with Gasteiger partial charge in [0, 0.05) is 17.6 Å². The lowest BCUT2D eigenvalue weighted by atomic mass is 10.1. The molecule has 1 heterocycles. The second-order valence-corrected chi connectivity index (χ2v) is 8.56. The molecule has 132 valence electrons. The van der Waals surface area contributed by atoms with Crippen LogP contribution in [0.25, 0.3) is 0 Å². The molecule has 1 aliphatic rings. The minimum Gasteiger partial charge on any atom is -0.480 e. The van der Waals surface area contributed by atoms with Crippen LogP contribution in [0, 0.1) is 0 Å². The van der Waals surface area contributed by atoms with E-state index >= 15 is 0 Å². The summed E-state index contributed by atoms with van der Waals surface area (Å²) in [5.74, 6) is -1.41. The van der Waals surface area contributed by atoms with Crippen LogP contribution in [0.5, 0.6) is 0 Å². The Balaban J connectivity index is 2.20. The van der Waals surface area contributed by atoms with Gasteiger partial charge in [0.25, 0.3) is 5.91 Å². The number of rotatable bonds is 4. The van der Waals surface area contributed by atoms with Gasteiger partial charge in [-0.2, -0.15) is 0 Å². The van der Waals surface area contributed by atoms with E-state index in [0.717, 1.165) is 0 Å². The van der Waals surface area contributed by atoms with E-state index in [1.54, 1.807) is 20.8 Å². The van der Waals surface area contributed by atoms with Crippen molar-refractivity contribution in [3.05, 3.63) is 29.8 Å². The first-order valence-corrected chi connectivity index (χ1v) is 9.17. The van der Waals surface area contributed by atoms with Crippen LogP contribution in [0.1, 0.15) is 44.0 Å². The topological polar surface area (TPSA) is 104 Å². The number of nitrogens with zero attached hydrogens (tertiary/aromatic N) is 1. The predicted molar refractivity (Wildman–Crippen MR) is 88.2 cm³/mol. The Labute approximate surface area is 141 Å². The summed E-state index contributed by atoms with van der Waals surface area (Å²) in [7, 11) is -3.67. The van der Waals surface area contributed by atoms with E-state index in [2.05, 4.69) is 4.72 Å². The third-order valence-corrected chi connectivity index (χ3v) is 5.42. The molecule has 1 atom stereocenters. The number of amides is 1. The quantitative estimate of drug-likeness (QED) is 0.852. The van der Waals surface area contributed by atoms with Crippen molar-refractivity contribution >= 4 is 21.9 Å². The van der Waals surface area contributed by atoms with Crippen LogP contribution in [-0.4, -0.2) is 48.4 Å². The van der Waals surface area contributed by atoms with Gasteiger partial charge in [-0.15, -0.1) is 0 Å². The van der Waals surface area contributed by atoms with Crippen LogP contribution >= 0.6 is 0 Å². The number of carboxylic acid groups (broad SMARTS) is 1. The molecule has 1 aromatic rings. The van der Waals surface area contributed by atoms with Crippen LogP contribution in [0.15, 0.2) is 29.2 Å². The van der Waals surface area contributed by atoms with Gasteiger partial charge in [-0.3, -0.25) is 4.79 Å². The third kappa shape index (κ3) is 4.12. The summed E-state index contributed by atoms with van der Waals surface area (Å²) >= 11 is 0. The van der Waals surface area contributed by atoms with E-state index < -0.39 is 33.5 Å². The SMILES string of the molecule is CC(C)(C)NS(=O)(=O)c1ccc(C(=O)N2CCC[C@H]2C(=O)O)cc1. The van der Waals surface area contributed by atoms with Gasteiger partial charge < -0.3 is 10.0 Å². The summed E-state index contributed by atoms with van der Waals surface area (Å²) in [6, 6.07) is 4.72. The smallest absolute Gasteiger partial charge is 0.326 e. The minimum absolute atomic E-state index is 0.0604. The second-order valence-electron chi connectivity index (χ2n) is 6.87. The lowest BCUT2D eigenvalue weighted by Gasteiger charge is -2.22. The van der Waals surface area contributed by atoms with Crippen molar-refractivity contribution < 1.29 is 23.1 Å². The van der Waals surface area contributed by atoms with Crippen molar-refractivity contribution in [2.45, 2.75) is 50.1 Å². The zero-order chi connectivity index (χ0) is 18.1. The second kappa shape index (κ2) is 6.52. The average molecular weight is 354 g/mol. The van der Waals surface area contributed by atoms with Gasteiger partial charge in [0.15, 0.2) is 0 Å². The number of hydrogen-bond donors (Lipinski definition) is 2. The molecular weight excluding hydrogens is 332 g/mol. The fraction of sp³-hybridized carbons (Fsp3) is 0.500. The fourth-order valence-electron chi connectivity index (χ4n) is 2.67. The Kier molecular flexibility index (Phi) is 5.00. The first-order valence-electron chi connectivity index (χ1n) is 7.69. The zero-order valence-corrected chi connectivity index (χ0v) is 14.8. The molecule has 8 heteroatoms. The van der Waals surface area contributed by atoms with Crippen molar-refractivity contribution in [2.75, 3.05) is 6.54 Å². The van der Waals surface area contributed by atoms with Crippen molar-refractivity contribution in [1.82, 2.24) is 9.62 Å². The van der Waals surface area contributed by atoms with Crippen molar-refractivity contribution in [2.24, 2.45) is 0 Å². The molecule has 1 fully saturated rings. The molecular formula is C16H22N2O5S. The fourth-order valence-corrected chi connectivity index (χ4v) is 4.09. The Morgan fingerprint density at radius 3 is 2.29 bits per heavy atom. The van der Waals surface area contributed by atoms with Crippen molar-refractivity contribution in [1.29, 1.82) is 0 Å². The van der Waals surface area contributed by atoms with Crippen LogP contribution in [0.3, 0.4) is 0 Å². The minimum atomic E-state index is -3.67. The Bertz CT molecular complexity index is 735. The largest absolute Gasteiger partial charge is 0.480 e. The van der Waals surface area contributed by atoms with E-state index in [9.17, 15) is 18.0 Å². The molecule has 1 amide bonds. The standard InChI is InChI=1S/C16H22N2O5S/c1-16(2,3)17-24(22,23)12-8-6-11(7-9-12)14(19)18-10-4-5-13(18)15(20)21/h6-9,13,17H,4-5,10H2,1-3H3,(H,20,21)/t13-/m0/s1. The first-order chi connectivity index (χ1) is 11.0. The van der Waals surface area contributed by atoms with Gasteiger partial charge in [-0.1, -0.05) is 0 Å². The van der Waals surface area contributed by atoms with Crippen LogP contribution < -0.4 is 4.72 Å². The molecule has 1 aliphatic heterocycles. The Hall–Kier alpha value is -1.93. The van der Waals surface area contributed by atoms with Crippen LogP contribution in [0.2, 0.25) is 0 Å². The number of carboxylic acids is 1. The highest BCUT2D eigenvalue weighted by molar-refractivity contribution is 7.89. The van der Waals surface area contributed by atoms with E-state index in [4.69, 9.17) is 5.11 Å². The van der Waals surface area contributed by atoms with Gasteiger partial charge in [0.05, 0.1) is 4.90 Å². The summed E-state index contributed by atoms with van der Waals surface area (Å²) in [5.41, 5.74) is -0.338. The number of carbonyl (C=O) groups excluding carboxylic acids is 1. The number of sulfonamides is 1. The maximum absolute atomic E-state index is 12.4. The van der Waals surface area contributed by atoms with Crippen molar-refractivity contribution in [3.8, 4) is 0 Å². The normalized spacial score (nSPS) is 18.6. The van der Waals surface area contributed by atoms with Crippen LogP contribution in [0.4, 0.5) is 0 Å². The van der Waals surface area contributed by atoms with Gasteiger partial charge in [-0.05, 0) is 57.9 Å². The predicted octanol–water partition coefficient (Wildman–Crippen LogP) is 1.45. The maximum atomic E-state index is 12.4. The molecule has 0 bridgehead atoms. The van der Waals surface area contributed by atoms with Crippen molar-refractivity contribution in [3.63, 3.8) is 0 Å². The number of benzene rings is 1. The molecule has 1 saturated heterocycles. The maximum Gasteiger partial charge on any atom is 0.326 e. The lowest BCUT2D eigenvalue weighted by molar-refractivity contribution is -0.141. The molecule has 0 aliphatic carbocycles. The molecule has 0 radical (unpaired) electrons. The van der Waals surface area contributed by atoms with E-state index in [0.29, 0.717) is 19.4 Å². The molecule has 0 saturated carbocycles. The molecule has 2 N–H and O–H groups in total. The lowest BCUT2D eigenvalue weighted by Crippen LogP contribution is -2.41. The zero-order valence-electron chi connectivity index (χ0n) is 13.9. The monoisotopic (exact) mass is 354 g/mol. The van der Waals surface area contributed by atoms with E-state index in [-0.39, 0.29) is 10.5 Å². The highest BCUT2D eigenvalue weighted by Gasteiger charge is 2.34. The van der Waals surface area contributed by atoms with E-state index in [1.165, 1.54) is 29.2 Å². The number of carbonyl (C=O) groups is 2. The average Bonchev–Trinajstić information content (AvgIpc) is 2.93. The van der Waals surface area contributed by atoms with Gasteiger partial charge >= 0.3 is 5.97 Å². The highest BCUT2D eigenvalue weighted by atomic mass is 32.2. The number of aliphatic carboxylic acids is 1. The summed E-state index contributed by atoms with van der Waals surface area (Å²) in [4.78, 5) is 25.0. The summed E-state index contributed by atoms with van der Waals surface area (Å²) in [5, 5.41) is 9.16. The van der Waals surface area contributed by atoms with E-state index in [1.807, 2.05) is 0 Å². The number of hydrogen-bond acceptors (Lipinski definition) is 4.